The molecular formula is C16H17ClN2O2. The number of benzene rings is 1. The number of hydrogen-bond acceptors (Lipinski definition) is 3. The zero-order chi connectivity index (χ0) is 15.2. The topological polar surface area (TPSA) is 51.2 Å². The summed E-state index contributed by atoms with van der Waals surface area (Å²) in [6.07, 6.45) is 1.50. The maximum absolute atomic E-state index is 12.1. The van der Waals surface area contributed by atoms with Crippen LogP contribution in [0.5, 0.6) is 5.75 Å². The van der Waals surface area contributed by atoms with Crippen molar-refractivity contribution in [3.63, 3.8) is 0 Å². The first-order chi connectivity index (χ1) is 10.0. The van der Waals surface area contributed by atoms with Crippen LogP contribution in [-0.2, 0) is 0 Å². The molecular weight excluding hydrogens is 288 g/mol. The maximum Gasteiger partial charge on any atom is 0.274 e. The summed E-state index contributed by atoms with van der Waals surface area (Å²) in [4.78, 5) is 16.1. The van der Waals surface area contributed by atoms with Gasteiger partial charge in [-0.2, -0.15) is 0 Å². The Morgan fingerprint density at radius 1 is 1.33 bits per heavy atom. The highest BCUT2D eigenvalue weighted by molar-refractivity contribution is 6.30. The van der Waals surface area contributed by atoms with Gasteiger partial charge in [0.15, 0.2) is 0 Å². The van der Waals surface area contributed by atoms with Crippen LogP contribution in [-0.4, -0.2) is 17.5 Å². The number of halogens is 1. The molecule has 5 heteroatoms. The van der Waals surface area contributed by atoms with Gasteiger partial charge in [0.05, 0.1) is 6.61 Å². The zero-order valence-corrected chi connectivity index (χ0v) is 12.7. The van der Waals surface area contributed by atoms with Gasteiger partial charge < -0.3 is 10.1 Å². The van der Waals surface area contributed by atoms with Crippen LogP contribution in [0.2, 0.25) is 5.02 Å². The molecule has 1 amide bonds. The molecule has 0 aliphatic heterocycles. The highest BCUT2D eigenvalue weighted by Gasteiger charge is 2.08. The molecule has 0 fully saturated rings. The third-order valence-corrected chi connectivity index (χ3v) is 2.86. The van der Waals surface area contributed by atoms with Gasteiger partial charge in [-0.3, -0.25) is 9.78 Å². The molecule has 0 unspecified atom stereocenters. The van der Waals surface area contributed by atoms with Crippen molar-refractivity contribution < 1.29 is 9.53 Å². The predicted molar refractivity (Wildman–Crippen MR) is 84.0 cm³/mol. The van der Waals surface area contributed by atoms with Gasteiger partial charge in [0.2, 0.25) is 0 Å². The molecule has 1 aromatic heterocycles. The molecule has 0 spiro atoms. The third kappa shape index (κ3) is 4.76. The number of aromatic nitrogens is 1. The Hall–Kier alpha value is -2.07. The zero-order valence-electron chi connectivity index (χ0n) is 12.0. The lowest BCUT2D eigenvalue weighted by molar-refractivity contribution is 0.102. The molecule has 2 rings (SSSR count). The first kappa shape index (κ1) is 15.3. The van der Waals surface area contributed by atoms with Crippen LogP contribution >= 0.6 is 11.6 Å². The van der Waals surface area contributed by atoms with Gasteiger partial charge in [-0.25, -0.2) is 0 Å². The minimum Gasteiger partial charge on any atom is -0.493 e. The quantitative estimate of drug-likeness (QED) is 0.907. The molecule has 0 saturated carbocycles. The number of ether oxygens (including phenoxy) is 1. The molecule has 21 heavy (non-hydrogen) atoms. The lowest BCUT2D eigenvalue weighted by Gasteiger charge is -2.10. The lowest BCUT2D eigenvalue weighted by Crippen LogP contribution is -2.13. The van der Waals surface area contributed by atoms with E-state index in [0.29, 0.717) is 23.2 Å². The highest BCUT2D eigenvalue weighted by atomic mass is 35.5. The summed E-state index contributed by atoms with van der Waals surface area (Å²) in [7, 11) is 0. The SMILES string of the molecule is CC(C)COc1cccc(NC(=O)c2cc(Cl)ccn2)c1. The van der Waals surface area contributed by atoms with Crippen molar-refractivity contribution in [1.82, 2.24) is 4.98 Å². The fourth-order valence-electron chi connectivity index (χ4n) is 1.65. The first-order valence-electron chi connectivity index (χ1n) is 6.70. The Balaban J connectivity index is 2.05. The van der Waals surface area contributed by atoms with Gasteiger partial charge in [-0.15, -0.1) is 0 Å². The minimum absolute atomic E-state index is 0.274. The van der Waals surface area contributed by atoms with Crippen molar-refractivity contribution >= 4 is 23.2 Å². The minimum atomic E-state index is -0.307. The summed E-state index contributed by atoms with van der Waals surface area (Å²) in [5.74, 6) is 0.859. The van der Waals surface area contributed by atoms with Crippen LogP contribution in [0.25, 0.3) is 0 Å². The lowest BCUT2D eigenvalue weighted by atomic mass is 10.2. The summed E-state index contributed by atoms with van der Waals surface area (Å²) >= 11 is 5.85. The average molecular weight is 305 g/mol. The first-order valence-corrected chi connectivity index (χ1v) is 7.08. The standard InChI is InChI=1S/C16H17ClN2O2/c1-11(2)10-21-14-5-3-4-13(9-14)19-16(20)15-8-12(17)6-7-18-15/h3-9,11H,10H2,1-2H3,(H,19,20). The molecule has 1 N–H and O–H groups in total. The molecule has 0 radical (unpaired) electrons. The summed E-state index contributed by atoms with van der Waals surface area (Å²) in [5.41, 5.74) is 0.930. The summed E-state index contributed by atoms with van der Waals surface area (Å²) in [6, 6.07) is 10.4. The van der Waals surface area contributed by atoms with Crippen LogP contribution in [0.3, 0.4) is 0 Å². The van der Waals surface area contributed by atoms with E-state index in [9.17, 15) is 4.79 Å². The van der Waals surface area contributed by atoms with E-state index < -0.39 is 0 Å². The van der Waals surface area contributed by atoms with E-state index in [1.165, 1.54) is 12.3 Å². The number of hydrogen-bond donors (Lipinski definition) is 1. The van der Waals surface area contributed by atoms with Gasteiger partial charge in [0.25, 0.3) is 5.91 Å². The van der Waals surface area contributed by atoms with Crippen LogP contribution in [0.1, 0.15) is 24.3 Å². The Morgan fingerprint density at radius 3 is 2.86 bits per heavy atom. The van der Waals surface area contributed by atoms with Crippen molar-refractivity contribution in [3.05, 3.63) is 53.3 Å². The average Bonchev–Trinajstić information content (AvgIpc) is 2.45. The molecule has 1 aromatic carbocycles. The molecule has 0 aliphatic carbocycles. The molecule has 0 aliphatic rings. The fourth-order valence-corrected chi connectivity index (χ4v) is 1.81. The summed E-state index contributed by atoms with van der Waals surface area (Å²) < 4.78 is 5.63. The molecule has 110 valence electrons. The highest BCUT2D eigenvalue weighted by Crippen LogP contribution is 2.19. The van der Waals surface area contributed by atoms with Crippen LogP contribution in [0.4, 0.5) is 5.69 Å². The number of anilines is 1. The second-order valence-electron chi connectivity index (χ2n) is 5.05. The predicted octanol–water partition coefficient (Wildman–Crippen LogP) is 4.02. The largest absolute Gasteiger partial charge is 0.493 e. The second kappa shape index (κ2) is 7.09. The number of nitrogens with zero attached hydrogens (tertiary/aromatic N) is 1. The molecule has 4 nitrogen and oxygen atoms in total. The van der Waals surface area contributed by atoms with Crippen LogP contribution in [0, 0.1) is 5.92 Å². The molecule has 0 saturated heterocycles. The number of carbonyl (C=O) groups is 1. The van der Waals surface area contributed by atoms with E-state index in [4.69, 9.17) is 16.3 Å². The van der Waals surface area contributed by atoms with Gasteiger partial charge in [-0.1, -0.05) is 31.5 Å². The molecule has 2 aromatic rings. The molecule has 1 heterocycles. The Labute approximate surface area is 129 Å². The van der Waals surface area contributed by atoms with E-state index in [1.807, 2.05) is 12.1 Å². The Kier molecular flexibility index (Phi) is 5.17. The van der Waals surface area contributed by atoms with Gasteiger partial charge in [0, 0.05) is 23.0 Å². The van der Waals surface area contributed by atoms with Gasteiger partial charge >= 0.3 is 0 Å². The maximum atomic E-state index is 12.1. The smallest absolute Gasteiger partial charge is 0.274 e. The number of rotatable bonds is 5. The van der Waals surface area contributed by atoms with Crippen LogP contribution in [0.15, 0.2) is 42.6 Å². The fraction of sp³-hybridized carbons (Fsp3) is 0.250. The molecule has 0 bridgehead atoms. The normalized spacial score (nSPS) is 10.5. The second-order valence-corrected chi connectivity index (χ2v) is 5.48. The van der Waals surface area contributed by atoms with Crippen molar-refractivity contribution in [2.75, 3.05) is 11.9 Å². The van der Waals surface area contributed by atoms with E-state index in [0.717, 1.165) is 5.75 Å². The monoisotopic (exact) mass is 304 g/mol. The van der Waals surface area contributed by atoms with E-state index in [1.54, 1.807) is 18.2 Å². The molecule has 0 atom stereocenters. The summed E-state index contributed by atoms with van der Waals surface area (Å²) in [5, 5.41) is 3.25. The Morgan fingerprint density at radius 2 is 2.14 bits per heavy atom. The van der Waals surface area contributed by atoms with E-state index in [2.05, 4.69) is 24.1 Å². The van der Waals surface area contributed by atoms with Crippen molar-refractivity contribution in [2.45, 2.75) is 13.8 Å². The number of nitrogens with one attached hydrogen (secondary N) is 1. The summed E-state index contributed by atoms with van der Waals surface area (Å²) in [6.45, 7) is 4.79. The van der Waals surface area contributed by atoms with Crippen molar-refractivity contribution in [2.24, 2.45) is 5.92 Å². The third-order valence-electron chi connectivity index (χ3n) is 2.63. The van der Waals surface area contributed by atoms with Crippen LogP contribution < -0.4 is 10.1 Å². The van der Waals surface area contributed by atoms with E-state index >= 15 is 0 Å². The number of pyridine rings is 1. The van der Waals surface area contributed by atoms with E-state index in [-0.39, 0.29) is 11.6 Å². The Bertz CT molecular complexity index is 629. The number of amides is 1. The van der Waals surface area contributed by atoms with Gasteiger partial charge in [0.1, 0.15) is 11.4 Å². The van der Waals surface area contributed by atoms with Crippen molar-refractivity contribution in [1.29, 1.82) is 0 Å². The number of carbonyl (C=O) groups excluding carboxylic acids is 1. The van der Waals surface area contributed by atoms with Gasteiger partial charge in [-0.05, 0) is 30.2 Å². The van der Waals surface area contributed by atoms with Crippen molar-refractivity contribution in [3.8, 4) is 5.75 Å².